The molecule has 0 saturated heterocycles. The highest BCUT2D eigenvalue weighted by molar-refractivity contribution is 7.47. The van der Waals surface area contributed by atoms with Crippen LogP contribution in [0, 0.1) is 0 Å². The summed E-state index contributed by atoms with van der Waals surface area (Å²) in [5, 5.41) is 10.7. The molecule has 0 aromatic rings. The Hall–Kier alpha value is -4.02. The summed E-state index contributed by atoms with van der Waals surface area (Å²) in [4.78, 5) is 73.2. The van der Waals surface area contributed by atoms with Crippen LogP contribution < -0.4 is 0 Å². The summed E-state index contributed by atoms with van der Waals surface area (Å²) in [5.74, 6) is -2.20. The van der Waals surface area contributed by atoms with Crippen LogP contribution in [0.5, 0.6) is 0 Å². The Balaban J connectivity index is 5.38. The van der Waals surface area contributed by atoms with Crippen LogP contribution in [0.3, 0.4) is 0 Å². The number of unbranched alkanes of at least 4 members (excludes halogenated alkanes) is 38. The normalized spacial score (nSPS) is 14.3. The molecule has 0 spiro atoms. The number of ether oxygens (including phenoxy) is 4. The summed E-state index contributed by atoms with van der Waals surface area (Å²) in [6.45, 7) is 4.81. The molecule has 0 aliphatic heterocycles. The molecule has 106 heavy (non-hydrogen) atoms. The first kappa shape index (κ1) is 102. The zero-order chi connectivity index (χ0) is 77.4. The van der Waals surface area contributed by atoms with Crippen LogP contribution >= 0.6 is 15.6 Å². The van der Waals surface area contributed by atoms with Crippen molar-refractivity contribution < 1.29 is 80.2 Å². The molecule has 0 saturated carbocycles. The van der Waals surface area contributed by atoms with Gasteiger partial charge in [0.1, 0.15) is 19.3 Å². The molecule has 19 heteroatoms. The highest BCUT2D eigenvalue weighted by Gasteiger charge is 2.30. The fourth-order valence-electron chi connectivity index (χ4n) is 11.5. The van der Waals surface area contributed by atoms with Gasteiger partial charge in [-0.3, -0.25) is 37.3 Å². The second kappa shape index (κ2) is 79.1. The molecule has 0 heterocycles. The van der Waals surface area contributed by atoms with Crippen molar-refractivity contribution in [1.29, 1.82) is 0 Å². The fourth-order valence-corrected chi connectivity index (χ4v) is 13.0. The van der Waals surface area contributed by atoms with Crippen molar-refractivity contribution in [3.8, 4) is 0 Å². The largest absolute Gasteiger partial charge is 0.472 e. The molecule has 0 aromatic heterocycles. The number of phosphoric acid groups is 2. The quantitative estimate of drug-likeness (QED) is 0.0169. The van der Waals surface area contributed by atoms with E-state index in [1.54, 1.807) is 0 Å². The molecule has 3 N–H and O–H groups in total. The minimum absolute atomic E-state index is 0.0773. The second-order valence-corrected chi connectivity index (χ2v) is 31.3. The SMILES string of the molecule is CCCCC/C=C\C/C=C\C/C=C\CCCCCCCCC(=O)OCC(COP(=O)(O)OCC(O)COP(=O)(O)OCC(COC(=O)CCCCCCC/C=C\CCCCCCCC)OC(=O)CCCCCCC/C=C\CCCCCC)OC(=O)CCCCCCCC/C=C\C/C=C\C/C=C\CCCCC. The van der Waals surface area contributed by atoms with Crippen molar-refractivity contribution in [2.75, 3.05) is 39.6 Å². The predicted octanol–water partition coefficient (Wildman–Crippen LogP) is 25.1. The first-order valence-corrected chi connectivity index (χ1v) is 45.5. The smallest absolute Gasteiger partial charge is 0.462 e. The number of allylic oxidation sites excluding steroid dienone is 16. The Labute approximate surface area is 646 Å². The van der Waals surface area contributed by atoms with E-state index in [-0.39, 0.29) is 25.7 Å². The maximum absolute atomic E-state index is 13.1. The molecule has 0 radical (unpaired) electrons. The van der Waals surface area contributed by atoms with Gasteiger partial charge in [-0.2, -0.15) is 0 Å². The van der Waals surface area contributed by atoms with Gasteiger partial charge < -0.3 is 33.8 Å². The van der Waals surface area contributed by atoms with Crippen LogP contribution in [0.4, 0.5) is 0 Å². The van der Waals surface area contributed by atoms with Crippen molar-refractivity contribution in [2.24, 2.45) is 0 Å². The van der Waals surface area contributed by atoms with Crippen molar-refractivity contribution in [3.63, 3.8) is 0 Å². The Kier molecular flexibility index (Phi) is 76.1. The zero-order valence-corrected chi connectivity index (χ0v) is 69.1. The third kappa shape index (κ3) is 78.1. The first-order chi connectivity index (χ1) is 51.7. The van der Waals surface area contributed by atoms with Gasteiger partial charge in [0, 0.05) is 25.7 Å². The van der Waals surface area contributed by atoms with Crippen LogP contribution in [0.25, 0.3) is 0 Å². The maximum atomic E-state index is 13.1. The summed E-state index contributed by atoms with van der Waals surface area (Å²) in [6, 6.07) is 0. The van der Waals surface area contributed by atoms with Gasteiger partial charge in [0.05, 0.1) is 26.4 Å². The number of aliphatic hydroxyl groups is 1. The summed E-state index contributed by atoms with van der Waals surface area (Å²) in [5.41, 5.74) is 0. The molecule has 0 bridgehead atoms. The lowest BCUT2D eigenvalue weighted by molar-refractivity contribution is -0.161. The maximum Gasteiger partial charge on any atom is 0.472 e. The lowest BCUT2D eigenvalue weighted by Crippen LogP contribution is -2.30. The van der Waals surface area contributed by atoms with Gasteiger partial charge in [0.15, 0.2) is 12.2 Å². The van der Waals surface area contributed by atoms with Crippen LogP contribution in [0.15, 0.2) is 97.2 Å². The van der Waals surface area contributed by atoms with E-state index in [1.165, 1.54) is 103 Å². The molecular weight excluding hydrogens is 1380 g/mol. The lowest BCUT2D eigenvalue weighted by atomic mass is 10.1. The van der Waals surface area contributed by atoms with Crippen LogP contribution in [-0.4, -0.2) is 96.7 Å². The molecule has 0 rings (SSSR count). The number of phosphoric ester groups is 2. The van der Waals surface area contributed by atoms with Gasteiger partial charge in [-0.15, -0.1) is 0 Å². The molecular formula is C87H154O17P2. The molecule has 5 atom stereocenters. The number of carbonyl (C=O) groups excluding carboxylic acids is 4. The highest BCUT2D eigenvalue weighted by Crippen LogP contribution is 2.45. The second-order valence-electron chi connectivity index (χ2n) is 28.4. The van der Waals surface area contributed by atoms with E-state index in [9.17, 15) is 43.2 Å². The van der Waals surface area contributed by atoms with E-state index in [4.69, 9.17) is 37.0 Å². The number of esters is 4. The van der Waals surface area contributed by atoms with E-state index < -0.39 is 97.5 Å². The van der Waals surface area contributed by atoms with Crippen molar-refractivity contribution >= 4 is 39.5 Å². The van der Waals surface area contributed by atoms with Crippen molar-refractivity contribution in [2.45, 2.75) is 393 Å². The third-order valence-corrected chi connectivity index (χ3v) is 19.9. The molecule has 17 nitrogen and oxygen atoms in total. The summed E-state index contributed by atoms with van der Waals surface area (Å²) in [6.07, 6.45) is 85.1. The van der Waals surface area contributed by atoms with Crippen molar-refractivity contribution in [3.05, 3.63) is 97.2 Å². The predicted molar refractivity (Wildman–Crippen MR) is 436 cm³/mol. The minimum atomic E-state index is -4.99. The number of hydrogen-bond acceptors (Lipinski definition) is 15. The number of hydrogen-bond donors (Lipinski definition) is 3. The topological polar surface area (TPSA) is 237 Å². The number of aliphatic hydroxyl groups excluding tert-OH is 1. The molecule has 0 amide bonds. The average molecular weight is 1530 g/mol. The zero-order valence-electron chi connectivity index (χ0n) is 67.3. The van der Waals surface area contributed by atoms with Crippen LogP contribution in [0.1, 0.15) is 374 Å². The Morgan fingerprint density at radius 3 is 0.745 bits per heavy atom. The van der Waals surface area contributed by atoms with Gasteiger partial charge in [-0.25, -0.2) is 9.13 Å². The van der Waals surface area contributed by atoms with E-state index in [0.717, 1.165) is 193 Å². The molecule has 0 aliphatic rings. The summed E-state index contributed by atoms with van der Waals surface area (Å²) >= 11 is 0. The third-order valence-electron chi connectivity index (χ3n) is 18.0. The number of carbonyl (C=O) groups is 4. The van der Waals surface area contributed by atoms with Gasteiger partial charge >= 0.3 is 39.5 Å². The number of rotatable bonds is 80. The average Bonchev–Trinajstić information content (AvgIpc) is 0.903. The lowest BCUT2D eigenvalue weighted by Gasteiger charge is -2.21. The standard InChI is InChI=1S/C87H154O17P2/c1-5-9-13-17-21-25-29-33-36-38-40-42-45-49-52-56-60-64-68-72-85(90)98-78-83(104-87(92)74-70-66-62-58-54-50-46-43-41-39-37-34-30-26-22-18-14-10-6-2)80-102-106(95,96)100-76-81(88)75-99-105(93,94)101-79-82(103-86(91)73-69-65-61-57-53-47-32-28-24-20-16-12-8-4)77-97-84(89)71-67-63-59-55-51-48-44-35-31-27-23-19-15-11-7-3/h21-22,25-26,28,32-37,40-44,81-83,88H,5-20,23-24,27,29-31,38-39,45-80H2,1-4H3,(H,93,94)(H,95,96)/b25-21-,26-22-,32-28-,36-33-,37-34-,42-40-,43-41-,44-35-. The summed E-state index contributed by atoms with van der Waals surface area (Å²) < 4.78 is 68.7. The first-order valence-electron chi connectivity index (χ1n) is 42.5. The van der Waals surface area contributed by atoms with Crippen LogP contribution in [0.2, 0.25) is 0 Å². The Bertz CT molecular complexity index is 2380. The molecule has 0 fully saturated rings. The Morgan fingerprint density at radius 2 is 0.462 bits per heavy atom. The molecule has 614 valence electrons. The molecule has 0 aromatic carbocycles. The van der Waals surface area contributed by atoms with Gasteiger partial charge in [-0.05, 0) is 154 Å². The summed E-state index contributed by atoms with van der Waals surface area (Å²) in [7, 11) is -9.97. The van der Waals surface area contributed by atoms with E-state index in [1.807, 2.05) is 0 Å². The van der Waals surface area contributed by atoms with Crippen molar-refractivity contribution in [1.82, 2.24) is 0 Å². The van der Waals surface area contributed by atoms with E-state index in [2.05, 4.69) is 125 Å². The fraction of sp³-hybridized carbons (Fsp3) is 0.770. The Morgan fingerprint density at radius 1 is 0.264 bits per heavy atom. The van der Waals surface area contributed by atoms with E-state index in [0.29, 0.717) is 25.7 Å². The van der Waals surface area contributed by atoms with Gasteiger partial charge in [0.2, 0.25) is 0 Å². The molecule has 0 aliphatic carbocycles. The molecule has 5 unspecified atom stereocenters. The van der Waals surface area contributed by atoms with Gasteiger partial charge in [0.25, 0.3) is 0 Å². The van der Waals surface area contributed by atoms with E-state index >= 15 is 0 Å². The van der Waals surface area contributed by atoms with Crippen LogP contribution in [-0.2, 0) is 65.4 Å². The minimum Gasteiger partial charge on any atom is -0.462 e. The highest BCUT2D eigenvalue weighted by atomic mass is 31.2. The monoisotopic (exact) mass is 1530 g/mol. The van der Waals surface area contributed by atoms with Gasteiger partial charge in [-0.1, -0.05) is 292 Å².